The Kier molecular flexibility index (Phi) is 16.4. The van der Waals surface area contributed by atoms with Gasteiger partial charge in [-0.05, 0) is 24.3 Å². The molecule has 0 saturated carbocycles. The molecule has 0 unspecified atom stereocenters. The van der Waals surface area contributed by atoms with Crippen LogP contribution in [0.15, 0.2) is 0 Å². The molecule has 0 aliphatic rings. The molecule has 98 valence electrons. The summed E-state index contributed by atoms with van der Waals surface area (Å²) in [5.74, 6) is 2.12. The average Bonchev–Trinajstić information content (AvgIpc) is 2.31. The second-order valence-electron chi connectivity index (χ2n) is 4.69. The van der Waals surface area contributed by atoms with Crippen LogP contribution in [0.3, 0.4) is 0 Å². The lowest BCUT2D eigenvalue weighted by Crippen LogP contribution is -1.83. The van der Waals surface area contributed by atoms with Gasteiger partial charge in [-0.15, -0.1) is 0 Å². The molecule has 2 heteroatoms. The third-order valence-electron chi connectivity index (χ3n) is 3.07. The fraction of sp³-hybridized carbons (Fsp3) is 1.00. The van der Waals surface area contributed by atoms with Crippen molar-refractivity contribution in [3.05, 3.63) is 0 Å². The molecular weight excluding hydrogens is 232 g/mol. The highest BCUT2D eigenvalue weighted by molar-refractivity contribution is 7.80. The zero-order valence-electron chi connectivity index (χ0n) is 10.8. The fourth-order valence-corrected chi connectivity index (χ4v) is 2.44. The van der Waals surface area contributed by atoms with Crippen molar-refractivity contribution >= 4 is 25.3 Å². The summed E-state index contributed by atoms with van der Waals surface area (Å²) in [6.07, 6.45) is 16.9. The van der Waals surface area contributed by atoms with Crippen LogP contribution in [-0.4, -0.2) is 11.5 Å². The van der Waals surface area contributed by atoms with E-state index in [0.29, 0.717) is 0 Å². The van der Waals surface area contributed by atoms with Gasteiger partial charge in [0.05, 0.1) is 0 Å². The van der Waals surface area contributed by atoms with Crippen LogP contribution in [0.5, 0.6) is 0 Å². The Bertz CT molecular complexity index is 101. The Morgan fingerprint density at radius 2 is 0.500 bits per heavy atom. The first-order valence-corrected chi connectivity index (χ1v) is 8.40. The minimum Gasteiger partial charge on any atom is -0.179 e. The SMILES string of the molecule is SCCCCCCCCCCCCCCS. The van der Waals surface area contributed by atoms with Crippen molar-refractivity contribution in [2.45, 2.75) is 77.0 Å². The highest BCUT2D eigenvalue weighted by Gasteiger charge is 1.92. The largest absolute Gasteiger partial charge is 0.179 e. The topological polar surface area (TPSA) is 0 Å². The van der Waals surface area contributed by atoms with Crippen molar-refractivity contribution in [3.63, 3.8) is 0 Å². The van der Waals surface area contributed by atoms with E-state index in [-0.39, 0.29) is 0 Å². The smallest absolute Gasteiger partial charge is 0.00979 e. The van der Waals surface area contributed by atoms with Gasteiger partial charge in [0.2, 0.25) is 0 Å². The predicted molar refractivity (Wildman–Crippen MR) is 83.1 cm³/mol. The van der Waals surface area contributed by atoms with Crippen LogP contribution in [0.4, 0.5) is 0 Å². The molecule has 0 aromatic heterocycles. The molecule has 16 heavy (non-hydrogen) atoms. The fourth-order valence-electron chi connectivity index (χ4n) is 1.99. The van der Waals surface area contributed by atoms with E-state index in [0.717, 1.165) is 11.5 Å². The van der Waals surface area contributed by atoms with Gasteiger partial charge in [0.25, 0.3) is 0 Å². The first kappa shape index (κ1) is 16.7. The molecule has 0 aliphatic heterocycles. The van der Waals surface area contributed by atoms with E-state index in [1.54, 1.807) is 0 Å². The minimum absolute atomic E-state index is 1.06. The standard InChI is InChI=1S/C14H30S2/c15-13-11-9-7-5-3-1-2-4-6-8-10-12-14-16/h15-16H,1-14H2. The Morgan fingerprint density at radius 1 is 0.312 bits per heavy atom. The lowest BCUT2D eigenvalue weighted by Gasteiger charge is -2.02. The number of thiol groups is 2. The number of rotatable bonds is 13. The van der Waals surface area contributed by atoms with E-state index in [4.69, 9.17) is 0 Å². The highest BCUT2D eigenvalue weighted by atomic mass is 32.1. The first-order valence-electron chi connectivity index (χ1n) is 7.13. The summed E-state index contributed by atoms with van der Waals surface area (Å²) in [5, 5.41) is 0. The van der Waals surface area contributed by atoms with E-state index < -0.39 is 0 Å². The van der Waals surface area contributed by atoms with E-state index in [9.17, 15) is 0 Å². The molecule has 0 radical (unpaired) electrons. The van der Waals surface area contributed by atoms with Crippen LogP contribution in [0.25, 0.3) is 0 Å². The first-order chi connectivity index (χ1) is 7.91. The molecule has 0 aromatic carbocycles. The molecule has 0 fully saturated rings. The molecule has 0 heterocycles. The molecule has 0 amide bonds. The zero-order chi connectivity index (χ0) is 11.9. The lowest BCUT2D eigenvalue weighted by atomic mass is 10.1. The van der Waals surface area contributed by atoms with Gasteiger partial charge in [-0.25, -0.2) is 0 Å². The molecular formula is C14H30S2. The molecule has 0 bridgehead atoms. The average molecular weight is 263 g/mol. The Balaban J connectivity index is 2.83. The molecule has 0 aromatic rings. The third-order valence-corrected chi connectivity index (χ3v) is 3.70. The number of unbranched alkanes of at least 4 members (excludes halogenated alkanes) is 11. The number of hydrogen-bond donors (Lipinski definition) is 2. The molecule has 0 saturated heterocycles. The van der Waals surface area contributed by atoms with Crippen LogP contribution in [-0.2, 0) is 0 Å². The predicted octanol–water partition coefficient (Wildman–Crippen LogP) is 5.53. The van der Waals surface area contributed by atoms with Gasteiger partial charge in [-0.3, -0.25) is 0 Å². The molecule has 0 atom stereocenters. The summed E-state index contributed by atoms with van der Waals surface area (Å²) in [7, 11) is 0. The van der Waals surface area contributed by atoms with Gasteiger partial charge < -0.3 is 0 Å². The normalized spacial score (nSPS) is 10.9. The monoisotopic (exact) mass is 262 g/mol. The summed E-state index contributed by atoms with van der Waals surface area (Å²) in [6.45, 7) is 0. The van der Waals surface area contributed by atoms with Crippen LogP contribution in [0.2, 0.25) is 0 Å². The molecule has 0 N–H and O–H groups in total. The van der Waals surface area contributed by atoms with E-state index in [2.05, 4.69) is 25.3 Å². The summed E-state index contributed by atoms with van der Waals surface area (Å²) in [4.78, 5) is 0. The zero-order valence-corrected chi connectivity index (χ0v) is 12.6. The molecule has 0 aliphatic carbocycles. The number of hydrogen-bond acceptors (Lipinski definition) is 2. The second-order valence-corrected chi connectivity index (χ2v) is 5.58. The van der Waals surface area contributed by atoms with Gasteiger partial charge in [0.15, 0.2) is 0 Å². The van der Waals surface area contributed by atoms with E-state index >= 15 is 0 Å². The van der Waals surface area contributed by atoms with Crippen molar-refractivity contribution < 1.29 is 0 Å². The molecule has 0 spiro atoms. The summed E-state index contributed by atoms with van der Waals surface area (Å²) in [6, 6.07) is 0. The summed E-state index contributed by atoms with van der Waals surface area (Å²) < 4.78 is 0. The maximum absolute atomic E-state index is 4.22. The second kappa shape index (κ2) is 15.7. The van der Waals surface area contributed by atoms with E-state index in [1.807, 2.05) is 0 Å². The van der Waals surface area contributed by atoms with Crippen LogP contribution in [0, 0.1) is 0 Å². The van der Waals surface area contributed by atoms with E-state index in [1.165, 1.54) is 77.0 Å². The third kappa shape index (κ3) is 14.7. The summed E-state index contributed by atoms with van der Waals surface area (Å²) >= 11 is 8.44. The quantitative estimate of drug-likeness (QED) is 0.316. The Labute approximate surface area is 114 Å². The van der Waals surface area contributed by atoms with Crippen LogP contribution >= 0.6 is 25.3 Å². The van der Waals surface area contributed by atoms with Crippen molar-refractivity contribution in [1.29, 1.82) is 0 Å². The van der Waals surface area contributed by atoms with Gasteiger partial charge in [-0.2, -0.15) is 25.3 Å². The lowest BCUT2D eigenvalue weighted by molar-refractivity contribution is 0.549. The van der Waals surface area contributed by atoms with Gasteiger partial charge in [0, 0.05) is 0 Å². The maximum Gasteiger partial charge on any atom is -0.00979 e. The van der Waals surface area contributed by atoms with Crippen molar-refractivity contribution in [2.75, 3.05) is 11.5 Å². The van der Waals surface area contributed by atoms with Crippen molar-refractivity contribution in [1.82, 2.24) is 0 Å². The molecule has 0 nitrogen and oxygen atoms in total. The summed E-state index contributed by atoms with van der Waals surface area (Å²) in [5.41, 5.74) is 0. The maximum atomic E-state index is 4.22. The minimum atomic E-state index is 1.06. The van der Waals surface area contributed by atoms with Crippen molar-refractivity contribution in [3.8, 4) is 0 Å². The van der Waals surface area contributed by atoms with Crippen LogP contribution < -0.4 is 0 Å². The molecule has 0 rings (SSSR count). The Hall–Kier alpha value is 0.700. The van der Waals surface area contributed by atoms with Crippen LogP contribution in [0.1, 0.15) is 77.0 Å². The van der Waals surface area contributed by atoms with Gasteiger partial charge in [-0.1, -0.05) is 64.2 Å². The van der Waals surface area contributed by atoms with Crippen molar-refractivity contribution in [2.24, 2.45) is 0 Å². The Morgan fingerprint density at radius 3 is 0.688 bits per heavy atom. The van der Waals surface area contributed by atoms with Gasteiger partial charge >= 0.3 is 0 Å². The van der Waals surface area contributed by atoms with Gasteiger partial charge in [0.1, 0.15) is 0 Å². The highest BCUT2D eigenvalue weighted by Crippen LogP contribution is 2.12.